The van der Waals surface area contributed by atoms with Crippen molar-refractivity contribution in [3.63, 3.8) is 0 Å². The molecule has 0 aliphatic carbocycles. The van der Waals surface area contributed by atoms with Gasteiger partial charge in [-0.3, -0.25) is 14.5 Å². The molecule has 1 aliphatic rings. The molecule has 0 aromatic heterocycles. The number of nitrogens with zero attached hydrogens (tertiary/aromatic N) is 1. The first-order chi connectivity index (χ1) is 9.79. The van der Waals surface area contributed by atoms with Gasteiger partial charge in [0.25, 0.3) is 0 Å². The molecule has 0 radical (unpaired) electrons. The molecule has 1 aliphatic heterocycles. The first-order valence-electron chi connectivity index (χ1n) is 6.64. The first kappa shape index (κ1) is 15.7. The number of benzene rings is 1. The number of carbonyl (C=O) groups is 2. The summed E-state index contributed by atoms with van der Waals surface area (Å²) in [5.74, 6) is -0.321. The third-order valence-corrected chi connectivity index (χ3v) is 4.74. The lowest BCUT2D eigenvalue weighted by Gasteiger charge is -2.32. The molecule has 6 nitrogen and oxygen atoms in total. The van der Waals surface area contributed by atoms with Gasteiger partial charge in [-0.2, -0.15) is 0 Å². The number of sulfone groups is 1. The highest BCUT2D eigenvalue weighted by molar-refractivity contribution is 7.90. The van der Waals surface area contributed by atoms with Crippen LogP contribution in [0.15, 0.2) is 29.2 Å². The molecule has 1 amide bonds. The number of rotatable bonds is 4. The van der Waals surface area contributed by atoms with Gasteiger partial charge < -0.3 is 5.73 Å². The van der Waals surface area contributed by atoms with Crippen LogP contribution in [0.3, 0.4) is 0 Å². The van der Waals surface area contributed by atoms with Gasteiger partial charge in [-0.15, -0.1) is 0 Å². The van der Waals surface area contributed by atoms with Crippen molar-refractivity contribution in [3.8, 4) is 0 Å². The highest BCUT2D eigenvalue weighted by Crippen LogP contribution is 2.24. The van der Waals surface area contributed by atoms with E-state index in [0.717, 1.165) is 6.26 Å². The Bertz CT molecular complexity index is 642. The summed E-state index contributed by atoms with van der Waals surface area (Å²) in [6, 6.07) is 5.50. The maximum absolute atomic E-state index is 11.7. The normalized spacial score (nSPS) is 18.4. The van der Waals surface area contributed by atoms with E-state index in [9.17, 15) is 18.0 Å². The molecular formula is C14H18N2O4S. The average Bonchev–Trinajstić information content (AvgIpc) is 2.40. The third-order valence-electron chi connectivity index (χ3n) is 3.61. The van der Waals surface area contributed by atoms with Crippen molar-refractivity contribution in [2.24, 2.45) is 5.73 Å². The van der Waals surface area contributed by atoms with Crippen LogP contribution in [-0.4, -0.2) is 44.4 Å². The zero-order valence-electron chi connectivity index (χ0n) is 11.8. The fourth-order valence-electron chi connectivity index (χ4n) is 2.48. The molecule has 21 heavy (non-hydrogen) atoms. The van der Waals surface area contributed by atoms with Gasteiger partial charge in [0.05, 0.1) is 4.90 Å². The minimum Gasteiger partial charge on any atom is -0.368 e. The van der Waals surface area contributed by atoms with Gasteiger partial charge in [0.15, 0.2) is 9.84 Å². The molecule has 1 heterocycles. The van der Waals surface area contributed by atoms with Crippen LogP contribution in [0.25, 0.3) is 0 Å². The molecule has 7 heteroatoms. The number of likely N-dealkylation sites (tertiary alicyclic amines) is 1. The van der Waals surface area contributed by atoms with Crippen molar-refractivity contribution in [1.29, 1.82) is 0 Å². The molecule has 1 aromatic carbocycles. The smallest absolute Gasteiger partial charge is 0.239 e. The minimum atomic E-state index is -3.27. The second-order valence-electron chi connectivity index (χ2n) is 5.22. The number of primary amides is 1. The van der Waals surface area contributed by atoms with E-state index >= 15 is 0 Å². The van der Waals surface area contributed by atoms with Crippen LogP contribution in [0.4, 0.5) is 0 Å². The molecule has 1 atom stereocenters. The van der Waals surface area contributed by atoms with Crippen molar-refractivity contribution in [3.05, 3.63) is 29.8 Å². The number of hydrogen-bond acceptors (Lipinski definition) is 5. The zero-order chi connectivity index (χ0) is 15.6. The number of piperidine rings is 1. The van der Waals surface area contributed by atoms with Crippen molar-refractivity contribution >= 4 is 21.5 Å². The van der Waals surface area contributed by atoms with E-state index in [1.54, 1.807) is 12.1 Å². The maximum atomic E-state index is 11.7. The fourth-order valence-corrected chi connectivity index (χ4v) is 3.11. The van der Waals surface area contributed by atoms with Gasteiger partial charge >= 0.3 is 0 Å². The van der Waals surface area contributed by atoms with E-state index in [0.29, 0.717) is 31.5 Å². The maximum Gasteiger partial charge on any atom is 0.239 e. The summed E-state index contributed by atoms with van der Waals surface area (Å²) in [6.45, 7) is 0.973. The van der Waals surface area contributed by atoms with E-state index in [1.807, 2.05) is 4.90 Å². The molecule has 1 aromatic rings. The Morgan fingerprint density at radius 2 is 1.71 bits per heavy atom. The van der Waals surface area contributed by atoms with Crippen LogP contribution < -0.4 is 5.73 Å². The standard InChI is InChI=1S/C14H18N2O4S/c1-21(19,20)12-4-2-10(3-5-12)13(14(15)18)16-8-6-11(17)7-9-16/h2-5,13H,6-9H2,1H3,(H2,15,18). The Morgan fingerprint density at radius 1 is 1.19 bits per heavy atom. The Labute approximate surface area is 123 Å². The van der Waals surface area contributed by atoms with E-state index in [-0.39, 0.29) is 10.7 Å². The summed E-state index contributed by atoms with van der Waals surface area (Å²) in [7, 11) is -3.27. The van der Waals surface area contributed by atoms with Crippen molar-refractivity contribution < 1.29 is 18.0 Å². The fraction of sp³-hybridized carbons (Fsp3) is 0.429. The van der Waals surface area contributed by atoms with Gasteiger partial charge in [0.2, 0.25) is 5.91 Å². The lowest BCUT2D eigenvalue weighted by molar-refractivity contribution is -0.128. The van der Waals surface area contributed by atoms with Gasteiger partial charge in [-0.25, -0.2) is 8.42 Å². The van der Waals surface area contributed by atoms with Gasteiger partial charge in [-0.1, -0.05) is 12.1 Å². The number of Topliss-reactive ketones (excluding diaryl/α,β-unsaturated/α-hetero) is 1. The Kier molecular flexibility index (Phi) is 4.43. The predicted octanol–water partition coefficient (Wildman–Crippen LogP) is 0.281. The minimum absolute atomic E-state index is 0.182. The molecule has 0 bridgehead atoms. The number of hydrogen-bond donors (Lipinski definition) is 1. The molecule has 1 unspecified atom stereocenters. The van der Waals surface area contributed by atoms with Crippen LogP contribution >= 0.6 is 0 Å². The summed E-state index contributed by atoms with van der Waals surface area (Å²) >= 11 is 0. The average molecular weight is 310 g/mol. The molecule has 0 saturated carbocycles. The molecule has 114 valence electrons. The third kappa shape index (κ3) is 3.68. The highest BCUT2D eigenvalue weighted by atomic mass is 32.2. The van der Waals surface area contributed by atoms with E-state index < -0.39 is 21.8 Å². The van der Waals surface area contributed by atoms with E-state index in [2.05, 4.69) is 0 Å². The number of nitrogens with two attached hydrogens (primary N) is 1. The number of amides is 1. The topological polar surface area (TPSA) is 97.5 Å². The molecule has 1 saturated heterocycles. The summed E-state index contributed by atoms with van der Waals surface area (Å²) in [5, 5.41) is 0. The summed E-state index contributed by atoms with van der Waals surface area (Å²) in [6.07, 6.45) is 1.94. The largest absolute Gasteiger partial charge is 0.368 e. The van der Waals surface area contributed by atoms with Crippen LogP contribution in [0.2, 0.25) is 0 Å². The molecule has 2 rings (SSSR count). The van der Waals surface area contributed by atoms with E-state index in [1.165, 1.54) is 12.1 Å². The Hall–Kier alpha value is -1.73. The van der Waals surface area contributed by atoms with Crippen LogP contribution in [0.1, 0.15) is 24.4 Å². The van der Waals surface area contributed by atoms with Crippen molar-refractivity contribution in [2.75, 3.05) is 19.3 Å². The summed E-state index contributed by atoms with van der Waals surface area (Å²) < 4.78 is 22.9. The van der Waals surface area contributed by atoms with Crippen molar-refractivity contribution in [1.82, 2.24) is 4.90 Å². The SMILES string of the molecule is CS(=O)(=O)c1ccc(C(C(N)=O)N2CCC(=O)CC2)cc1. The van der Waals surface area contributed by atoms with Gasteiger partial charge in [0, 0.05) is 32.2 Å². The lowest BCUT2D eigenvalue weighted by atomic mass is 10.0. The van der Waals surface area contributed by atoms with Gasteiger partial charge in [-0.05, 0) is 17.7 Å². The monoisotopic (exact) mass is 310 g/mol. The van der Waals surface area contributed by atoms with Crippen molar-refractivity contribution in [2.45, 2.75) is 23.8 Å². The molecule has 1 fully saturated rings. The van der Waals surface area contributed by atoms with Gasteiger partial charge in [0.1, 0.15) is 11.8 Å². The zero-order valence-corrected chi connectivity index (χ0v) is 12.6. The van der Waals surface area contributed by atoms with Crippen LogP contribution in [0, 0.1) is 0 Å². The predicted molar refractivity (Wildman–Crippen MR) is 77.3 cm³/mol. The van der Waals surface area contributed by atoms with Crippen LogP contribution in [0.5, 0.6) is 0 Å². The summed E-state index contributed by atoms with van der Waals surface area (Å²) in [5.41, 5.74) is 6.12. The number of ketones is 1. The lowest BCUT2D eigenvalue weighted by Crippen LogP contribution is -2.42. The summed E-state index contributed by atoms with van der Waals surface area (Å²) in [4.78, 5) is 25.1. The molecule has 2 N–H and O–H groups in total. The second kappa shape index (κ2) is 5.95. The Balaban J connectivity index is 2.26. The highest BCUT2D eigenvalue weighted by Gasteiger charge is 2.29. The first-order valence-corrected chi connectivity index (χ1v) is 8.53. The van der Waals surface area contributed by atoms with Crippen LogP contribution in [-0.2, 0) is 19.4 Å². The molecule has 0 spiro atoms. The Morgan fingerprint density at radius 3 is 2.14 bits per heavy atom. The van der Waals surface area contributed by atoms with E-state index in [4.69, 9.17) is 5.73 Å². The quantitative estimate of drug-likeness (QED) is 0.861. The second-order valence-corrected chi connectivity index (χ2v) is 7.24. The molecular weight excluding hydrogens is 292 g/mol. The number of carbonyl (C=O) groups excluding carboxylic acids is 2.